The van der Waals surface area contributed by atoms with Gasteiger partial charge < -0.3 is 23.4 Å². The molecule has 4 rings (SSSR count). The molecule has 4 aliphatic heterocycles. The van der Waals surface area contributed by atoms with Crippen molar-refractivity contribution in [2.45, 2.75) is 70.1 Å². The molecule has 4 heterocycles. The van der Waals surface area contributed by atoms with Gasteiger partial charge in [0.1, 0.15) is 12.2 Å². The number of nitrogens with zero attached hydrogens (tertiary/aromatic N) is 4. The van der Waals surface area contributed by atoms with Crippen LogP contribution >= 0.6 is 7.82 Å². The average Bonchev–Trinajstić information content (AvgIpc) is 3.29. The Labute approximate surface area is 217 Å². The maximum Gasteiger partial charge on any atom is 1.00 e. The van der Waals surface area contributed by atoms with Crippen LogP contribution in [-0.4, -0.2) is 78.0 Å². The molecule has 1 N–H and O–H groups in total. The number of fused-ring (bicyclic) bond motifs is 2. The number of guanidine groups is 1. The van der Waals surface area contributed by atoms with Gasteiger partial charge in [0.2, 0.25) is 11.9 Å². The molecule has 0 spiro atoms. The first-order valence-electron chi connectivity index (χ1n) is 10.5. The van der Waals surface area contributed by atoms with Gasteiger partial charge in [0.25, 0.3) is 13.7 Å². The van der Waals surface area contributed by atoms with Gasteiger partial charge in [-0.1, -0.05) is 13.8 Å². The minimum absolute atomic E-state index is 0. The van der Waals surface area contributed by atoms with Gasteiger partial charge in [0.05, 0.1) is 12.9 Å². The number of amidine groups is 1. The van der Waals surface area contributed by atoms with Crippen LogP contribution in [0.3, 0.4) is 0 Å². The molecular formula is C18H23N5NaO9P. The SMILES string of the molecule is CCCC(=O)NC1=NC(=O)C2N=CN([C@@H]3O[C@@H]4COP(=O)([O-])O[C@H]4[C@H]3OC(=O)CCC)C2=N1.[Na+]. The first kappa shape index (κ1) is 27.1. The van der Waals surface area contributed by atoms with Gasteiger partial charge in [-0.25, -0.2) is 0 Å². The number of carbonyl (C=O) groups excluding carboxylic acids is 3. The van der Waals surface area contributed by atoms with Crippen LogP contribution in [0.25, 0.3) is 0 Å². The van der Waals surface area contributed by atoms with Crippen LogP contribution in [0.4, 0.5) is 0 Å². The molecule has 0 bridgehead atoms. The molecule has 2 unspecified atom stereocenters. The quantitative estimate of drug-likeness (QED) is 0.213. The molecule has 6 atom stereocenters. The molecule has 0 aromatic carbocycles. The van der Waals surface area contributed by atoms with E-state index in [0.29, 0.717) is 12.8 Å². The van der Waals surface area contributed by atoms with E-state index < -0.39 is 50.3 Å². The van der Waals surface area contributed by atoms with Crippen LogP contribution < -0.4 is 39.8 Å². The summed E-state index contributed by atoms with van der Waals surface area (Å²) in [5, 5.41) is 2.47. The molecular weight excluding hydrogens is 484 g/mol. The fraction of sp³-hybridized carbons (Fsp3) is 0.667. The van der Waals surface area contributed by atoms with E-state index in [1.165, 1.54) is 11.2 Å². The van der Waals surface area contributed by atoms with Crippen molar-refractivity contribution in [3.8, 4) is 0 Å². The summed E-state index contributed by atoms with van der Waals surface area (Å²) in [5.74, 6) is -1.68. The average molecular weight is 507 g/mol. The van der Waals surface area contributed by atoms with Crippen molar-refractivity contribution in [2.75, 3.05) is 6.61 Å². The Morgan fingerprint density at radius 2 is 2.03 bits per heavy atom. The van der Waals surface area contributed by atoms with Gasteiger partial charge >= 0.3 is 35.5 Å². The molecule has 0 aliphatic carbocycles. The fourth-order valence-electron chi connectivity index (χ4n) is 3.74. The normalized spacial score (nSPS) is 33.9. The van der Waals surface area contributed by atoms with Crippen LogP contribution in [-0.2, 0) is 37.5 Å². The molecule has 0 aromatic heterocycles. The Hall–Kier alpha value is -1.51. The number of rotatable bonds is 6. The summed E-state index contributed by atoms with van der Waals surface area (Å²) in [5.41, 5.74) is 0. The molecule has 180 valence electrons. The smallest absolute Gasteiger partial charge is 0.756 e. The van der Waals surface area contributed by atoms with E-state index in [9.17, 15) is 23.8 Å². The Bertz CT molecular complexity index is 989. The van der Waals surface area contributed by atoms with Crippen molar-refractivity contribution >= 4 is 43.7 Å². The molecule has 34 heavy (non-hydrogen) atoms. The standard InChI is InChI=1S/C18H24N5O9P.Na/c1-3-5-10(24)20-18-21-15-12(16(26)22-18)19-8-23(15)17-14(31-11(25)6-4-2)13-9(30-17)7-29-33(27,28)32-13;/h8-9,12-14,17H,3-7H2,1-2H3,(H,27,28)(H,20,22,24,26);/q;+1/p-1/t9-,12?,13-,14-,17-;/m1./s1. The molecule has 14 nitrogen and oxygen atoms in total. The van der Waals surface area contributed by atoms with E-state index in [0.717, 1.165) is 0 Å². The van der Waals surface area contributed by atoms with Crippen molar-refractivity contribution in [1.29, 1.82) is 0 Å². The fourth-order valence-corrected chi connectivity index (χ4v) is 4.69. The zero-order valence-electron chi connectivity index (χ0n) is 18.9. The largest absolute Gasteiger partial charge is 1.00 e. The van der Waals surface area contributed by atoms with Crippen molar-refractivity contribution in [3.63, 3.8) is 0 Å². The third-order valence-corrected chi connectivity index (χ3v) is 6.14. The number of phosphoric ester groups is 1. The topological polar surface area (TPSA) is 181 Å². The molecule has 0 radical (unpaired) electrons. The molecule has 16 heteroatoms. The van der Waals surface area contributed by atoms with Crippen molar-refractivity contribution in [1.82, 2.24) is 10.2 Å². The minimum Gasteiger partial charge on any atom is -0.756 e. The third-order valence-electron chi connectivity index (χ3n) is 5.18. The van der Waals surface area contributed by atoms with Crippen LogP contribution in [0.1, 0.15) is 39.5 Å². The Morgan fingerprint density at radius 1 is 1.29 bits per heavy atom. The number of carbonyl (C=O) groups is 3. The first-order chi connectivity index (χ1) is 15.7. The predicted molar refractivity (Wildman–Crippen MR) is 109 cm³/mol. The summed E-state index contributed by atoms with van der Waals surface area (Å²) < 4.78 is 33.1. The molecule has 0 aromatic rings. The van der Waals surface area contributed by atoms with Gasteiger partial charge in [-0.05, 0) is 12.8 Å². The zero-order chi connectivity index (χ0) is 23.8. The van der Waals surface area contributed by atoms with Crippen molar-refractivity contribution in [2.24, 2.45) is 15.0 Å². The second-order valence-electron chi connectivity index (χ2n) is 7.70. The third kappa shape index (κ3) is 5.65. The molecule has 0 saturated carbocycles. The summed E-state index contributed by atoms with van der Waals surface area (Å²) in [6.45, 7) is 3.28. The van der Waals surface area contributed by atoms with Gasteiger partial charge in [-0.2, -0.15) is 9.98 Å². The summed E-state index contributed by atoms with van der Waals surface area (Å²) in [4.78, 5) is 62.0. The van der Waals surface area contributed by atoms with Gasteiger partial charge in [0.15, 0.2) is 24.2 Å². The van der Waals surface area contributed by atoms with Crippen molar-refractivity contribution < 1.29 is 71.9 Å². The Kier molecular flexibility index (Phi) is 8.80. The van der Waals surface area contributed by atoms with Crippen LogP contribution in [0.15, 0.2) is 15.0 Å². The maximum absolute atomic E-state index is 12.5. The van der Waals surface area contributed by atoms with E-state index in [2.05, 4.69) is 20.3 Å². The second kappa shape index (κ2) is 11.0. The van der Waals surface area contributed by atoms with Gasteiger partial charge in [0, 0.05) is 12.8 Å². The molecule has 4 aliphatic rings. The monoisotopic (exact) mass is 507 g/mol. The van der Waals surface area contributed by atoms with Gasteiger partial charge in [-0.3, -0.25) is 34.2 Å². The van der Waals surface area contributed by atoms with Gasteiger partial charge in [-0.15, -0.1) is 0 Å². The van der Waals surface area contributed by atoms with Crippen molar-refractivity contribution in [3.05, 3.63) is 0 Å². The summed E-state index contributed by atoms with van der Waals surface area (Å²) in [7, 11) is -4.61. The minimum atomic E-state index is -4.61. The predicted octanol–water partition coefficient (Wildman–Crippen LogP) is -3.77. The number of amides is 2. The number of esters is 1. The number of hydrogen-bond acceptors (Lipinski definition) is 12. The number of hydrogen-bond donors (Lipinski definition) is 1. The number of phosphoric acid groups is 1. The van der Waals surface area contributed by atoms with E-state index in [4.69, 9.17) is 18.5 Å². The summed E-state index contributed by atoms with van der Waals surface area (Å²) >= 11 is 0. The van der Waals surface area contributed by atoms with E-state index in [-0.39, 0.29) is 66.7 Å². The zero-order valence-corrected chi connectivity index (χ0v) is 21.8. The Balaban J connectivity index is 0.00000324. The van der Waals surface area contributed by atoms with Crippen LogP contribution in [0.5, 0.6) is 0 Å². The molecule has 2 fully saturated rings. The number of nitrogens with one attached hydrogen (secondary N) is 1. The van der Waals surface area contributed by atoms with Crippen LogP contribution in [0.2, 0.25) is 0 Å². The van der Waals surface area contributed by atoms with E-state index in [1.807, 2.05) is 6.92 Å². The second-order valence-corrected chi connectivity index (χ2v) is 9.06. The molecule has 2 saturated heterocycles. The maximum atomic E-state index is 12.5. The molecule has 2 amide bonds. The summed E-state index contributed by atoms with van der Waals surface area (Å²) in [6, 6.07) is -1.07. The summed E-state index contributed by atoms with van der Waals surface area (Å²) in [6.07, 6.45) is -1.60. The van der Waals surface area contributed by atoms with E-state index >= 15 is 0 Å². The number of aliphatic imine (C=N–C) groups is 3. The number of ether oxygens (including phenoxy) is 2. The first-order valence-corrected chi connectivity index (χ1v) is 12.0. The Morgan fingerprint density at radius 3 is 2.74 bits per heavy atom. The van der Waals surface area contributed by atoms with Crippen LogP contribution in [0, 0.1) is 0 Å². The van der Waals surface area contributed by atoms with E-state index in [1.54, 1.807) is 6.92 Å².